The number of allylic oxidation sites excluding steroid dienone is 1. The van der Waals surface area contributed by atoms with Crippen LogP contribution in [0.5, 0.6) is 0 Å². The van der Waals surface area contributed by atoms with E-state index in [-0.39, 0.29) is 12.5 Å². The van der Waals surface area contributed by atoms with Crippen molar-refractivity contribution < 1.29 is 14.3 Å². The van der Waals surface area contributed by atoms with Crippen LogP contribution in [0.4, 0.5) is 0 Å². The van der Waals surface area contributed by atoms with Crippen molar-refractivity contribution in [2.75, 3.05) is 20.2 Å². The van der Waals surface area contributed by atoms with Gasteiger partial charge in [0, 0.05) is 6.54 Å². The number of hydrogen-bond acceptors (Lipinski definition) is 3. The molecule has 0 spiro atoms. The summed E-state index contributed by atoms with van der Waals surface area (Å²) in [6, 6.07) is 0. The third-order valence-corrected chi connectivity index (χ3v) is 1.66. The number of nitrogens with zero attached hydrogens (tertiary/aromatic N) is 1. The molecular formula is C10H17NO3. The standard InChI is InChI=1S/C10H17NO3/c1-4-6-9(12)11(7-5-2)8-10(13)14-3/h4,6H,5,7-8H2,1-3H3. The lowest BCUT2D eigenvalue weighted by atomic mass is 10.3. The number of carbonyl (C=O) groups excluding carboxylic acids is 2. The fraction of sp³-hybridized carbons (Fsp3) is 0.600. The Hall–Kier alpha value is -1.32. The molecule has 0 saturated carbocycles. The van der Waals surface area contributed by atoms with Crippen LogP contribution in [0.15, 0.2) is 12.2 Å². The second kappa shape index (κ2) is 7.12. The van der Waals surface area contributed by atoms with E-state index < -0.39 is 5.97 Å². The Balaban J connectivity index is 4.27. The molecular weight excluding hydrogens is 182 g/mol. The summed E-state index contributed by atoms with van der Waals surface area (Å²) in [4.78, 5) is 23.8. The van der Waals surface area contributed by atoms with E-state index in [9.17, 15) is 9.59 Å². The summed E-state index contributed by atoms with van der Waals surface area (Å²) in [6.07, 6.45) is 3.92. The molecule has 0 atom stereocenters. The van der Waals surface area contributed by atoms with Crippen LogP contribution < -0.4 is 0 Å². The molecule has 0 heterocycles. The Morgan fingerprint density at radius 2 is 2.07 bits per heavy atom. The van der Waals surface area contributed by atoms with E-state index in [1.165, 1.54) is 18.1 Å². The van der Waals surface area contributed by atoms with Crippen molar-refractivity contribution in [3.05, 3.63) is 12.2 Å². The summed E-state index contributed by atoms with van der Waals surface area (Å²) < 4.78 is 4.50. The molecule has 0 aliphatic rings. The normalized spacial score (nSPS) is 10.2. The molecule has 0 bridgehead atoms. The fourth-order valence-electron chi connectivity index (χ4n) is 1.01. The Morgan fingerprint density at radius 1 is 1.43 bits per heavy atom. The SMILES string of the molecule is CC=CC(=O)N(CCC)CC(=O)OC. The first-order valence-corrected chi connectivity index (χ1v) is 4.64. The van der Waals surface area contributed by atoms with Crippen molar-refractivity contribution in [2.24, 2.45) is 0 Å². The van der Waals surface area contributed by atoms with Crippen LogP contribution in [0.1, 0.15) is 20.3 Å². The number of methoxy groups -OCH3 is 1. The van der Waals surface area contributed by atoms with E-state index in [1.54, 1.807) is 13.0 Å². The van der Waals surface area contributed by atoms with Gasteiger partial charge in [0.2, 0.25) is 5.91 Å². The summed E-state index contributed by atoms with van der Waals surface area (Å²) in [5.74, 6) is -0.545. The Kier molecular flexibility index (Phi) is 6.45. The van der Waals surface area contributed by atoms with Crippen molar-refractivity contribution >= 4 is 11.9 Å². The van der Waals surface area contributed by atoms with E-state index >= 15 is 0 Å². The van der Waals surface area contributed by atoms with Gasteiger partial charge in [-0.1, -0.05) is 13.0 Å². The molecule has 4 heteroatoms. The molecule has 0 aromatic carbocycles. The number of esters is 1. The number of ether oxygens (including phenoxy) is 1. The summed E-state index contributed by atoms with van der Waals surface area (Å²) >= 11 is 0. The number of hydrogen-bond donors (Lipinski definition) is 0. The van der Waals surface area contributed by atoms with E-state index in [2.05, 4.69) is 4.74 Å². The van der Waals surface area contributed by atoms with Crippen LogP contribution >= 0.6 is 0 Å². The maximum absolute atomic E-state index is 11.4. The average Bonchev–Trinajstić information content (AvgIpc) is 2.17. The smallest absolute Gasteiger partial charge is 0.325 e. The zero-order valence-corrected chi connectivity index (χ0v) is 8.95. The van der Waals surface area contributed by atoms with Gasteiger partial charge >= 0.3 is 5.97 Å². The van der Waals surface area contributed by atoms with Crippen LogP contribution in [0.2, 0.25) is 0 Å². The maximum Gasteiger partial charge on any atom is 0.325 e. The highest BCUT2D eigenvalue weighted by Gasteiger charge is 2.13. The summed E-state index contributed by atoms with van der Waals surface area (Å²) in [7, 11) is 1.31. The monoisotopic (exact) mass is 199 g/mol. The minimum absolute atomic E-state index is 0.0213. The molecule has 1 amide bonds. The molecule has 0 fully saturated rings. The van der Waals surface area contributed by atoms with Crippen molar-refractivity contribution in [3.63, 3.8) is 0 Å². The van der Waals surface area contributed by atoms with Crippen LogP contribution in [0.25, 0.3) is 0 Å². The molecule has 0 unspecified atom stereocenters. The fourth-order valence-corrected chi connectivity index (χ4v) is 1.01. The third-order valence-electron chi connectivity index (χ3n) is 1.66. The van der Waals surface area contributed by atoms with Gasteiger partial charge in [-0.3, -0.25) is 9.59 Å². The topological polar surface area (TPSA) is 46.6 Å². The zero-order valence-electron chi connectivity index (χ0n) is 8.95. The third kappa shape index (κ3) is 4.64. The van der Waals surface area contributed by atoms with Crippen molar-refractivity contribution in [1.82, 2.24) is 4.90 Å². The largest absolute Gasteiger partial charge is 0.468 e. The van der Waals surface area contributed by atoms with Crippen LogP contribution in [0, 0.1) is 0 Å². The quantitative estimate of drug-likeness (QED) is 0.489. The van der Waals surface area contributed by atoms with Gasteiger partial charge in [0.25, 0.3) is 0 Å². The summed E-state index contributed by atoms with van der Waals surface area (Å²) in [5.41, 5.74) is 0. The predicted molar refractivity (Wildman–Crippen MR) is 53.7 cm³/mol. The first-order valence-electron chi connectivity index (χ1n) is 4.64. The minimum atomic E-state index is -0.392. The maximum atomic E-state index is 11.4. The van der Waals surface area contributed by atoms with E-state index in [1.807, 2.05) is 6.92 Å². The second-order valence-electron chi connectivity index (χ2n) is 2.84. The second-order valence-corrected chi connectivity index (χ2v) is 2.84. The molecule has 0 aliphatic heterocycles. The summed E-state index contributed by atoms with van der Waals surface area (Å²) in [6.45, 7) is 4.30. The van der Waals surface area contributed by atoms with Gasteiger partial charge in [-0.05, 0) is 19.4 Å². The highest BCUT2D eigenvalue weighted by molar-refractivity contribution is 5.90. The Morgan fingerprint density at radius 3 is 2.50 bits per heavy atom. The van der Waals surface area contributed by atoms with Gasteiger partial charge in [-0.15, -0.1) is 0 Å². The number of rotatable bonds is 5. The van der Waals surface area contributed by atoms with Gasteiger partial charge in [0.15, 0.2) is 0 Å². The van der Waals surface area contributed by atoms with E-state index in [0.29, 0.717) is 6.54 Å². The molecule has 0 radical (unpaired) electrons. The first kappa shape index (κ1) is 12.7. The van der Waals surface area contributed by atoms with Gasteiger partial charge in [-0.2, -0.15) is 0 Å². The van der Waals surface area contributed by atoms with Crippen molar-refractivity contribution in [3.8, 4) is 0 Å². The molecule has 4 nitrogen and oxygen atoms in total. The lowest BCUT2D eigenvalue weighted by molar-refractivity contribution is -0.145. The molecule has 0 saturated heterocycles. The molecule has 0 aromatic heterocycles. The van der Waals surface area contributed by atoms with Crippen molar-refractivity contribution in [2.45, 2.75) is 20.3 Å². The Bertz CT molecular complexity index is 223. The summed E-state index contributed by atoms with van der Waals surface area (Å²) in [5, 5.41) is 0. The average molecular weight is 199 g/mol. The molecule has 0 rings (SSSR count). The predicted octanol–water partition coefficient (Wildman–Crippen LogP) is 0.974. The van der Waals surface area contributed by atoms with E-state index in [0.717, 1.165) is 6.42 Å². The number of carbonyl (C=O) groups is 2. The molecule has 0 aromatic rings. The van der Waals surface area contributed by atoms with E-state index in [4.69, 9.17) is 0 Å². The van der Waals surface area contributed by atoms with Gasteiger partial charge in [0.1, 0.15) is 6.54 Å². The zero-order chi connectivity index (χ0) is 11.0. The Labute approximate surface area is 84.5 Å². The van der Waals surface area contributed by atoms with Crippen LogP contribution in [-0.2, 0) is 14.3 Å². The first-order chi connectivity index (χ1) is 6.65. The number of amides is 1. The van der Waals surface area contributed by atoms with Gasteiger partial charge < -0.3 is 9.64 Å². The van der Waals surface area contributed by atoms with Crippen molar-refractivity contribution in [1.29, 1.82) is 0 Å². The molecule has 0 N–H and O–H groups in total. The van der Waals surface area contributed by atoms with Gasteiger partial charge in [0.05, 0.1) is 7.11 Å². The highest BCUT2D eigenvalue weighted by Crippen LogP contribution is 1.95. The highest BCUT2D eigenvalue weighted by atomic mass is 16.5. The van der Waals surface area contributed by atoms with Crippen LogP contribution in [0.3, 0.4) is 0 Å². The molecule has 80 valence electrons. The van der Waals surface area contributed by atoms with Crippen LogP contribution in [-0.4, -0.2) is 37.0 Å². The molecule has 0 aliphatic carbocycles. The molecule has 14 heavy (non-hydrogen) atoms. The minimum Gasteiger partial charge on any atom is -0.468 e. The lowest BCUT2D eigenvalue weighted by Crippen LogP contribution is -2.35. The lowest BCUT2D eigenvalue weighted by Gasteiger charge is -2.18. The van der Waals surface area contributed by atoms with Gasteiger partial charge in [-0.25, -0.2) is 0 Å².